The molecule has 0 unspecified atom stereocenters. The Morgan fingerprint density at radius 1 is 1.38 bits per heavy atom. The van der Waals surface area contributed by atoms with Crippen molar-refractivity contribution in [2.45, 2.75) is 0 Å². The number of carbonyl (C=O) groups is 2. The molecule has 0 aliphatic carbocycles. The molecule has 0 atom stereocenters. The maximum absolute atomic E-state index is 12.0. The molecule has 8 heteroatoms. The van der Waals surface area contributed by atoms with E-state index in [2.05, 4.69) is 15.5 Å². The van der Waals surface area contributed by atoms with Crippen LogP contribution in [0.1, 0.15) is 0 Å². The molecular formula is C13H11ClN4O3. The Balaban J connectivity index is 1.87. The maximum Gasteiger partial charge on any atom is 0.277 e. The van der Waals surface area contributed by atoms with E-state index in [1.807, 2.05) is 0 Å². The second-order valence-electron chi connectivity index (χ2n) is 4.49. The number of anilines is 1. The van der Waals surface area contributed by atoms with Crippen LogP contribution >= 0.6 is 11.6 Å². The van der Waals surface area contributed by atoms with Gasteiger partial charge in [0.15, 0.2) is 0 Å². The van der Waals surface area contributed by atoms with Crippen LogP contribution in [0.15, 0.2) is 30.1 Å². The van der Waals surface area contributed by atoms with Gasteiger partial charge in [0.2, 0.25) is 0 Å². The van der Waals surface area contributed by atoms with Gasteiger partial charge in [-0.05, 0) is 12.1 Å². The lowest BCUT2D eigenvalue weighted by molar-refractivity contribution is -0.137. The molecule has 2 amide bonds. The van der Waals surface area contributed by atoms with Crippen LogP contribution in [0, 0.1) is 0 Å². The number of H-pyrrole nitrogens is 1. The van der Waals surface area contributed by atoms with Gasteiger partial charge in [0, 0.05) is 17.1 Å². The normalized spacial score (nSPS) is 15.0. The van der Waals surface area contributed by atoms with Crippen molar-refractivity contribution in [3.05, 3.63) is 35.1 Å². The molecule has 1 aromatic heterocycles. The second kappa shape index (κ2) is 5.19. The lowest BCUT2D eigenvalue weighted by atomic mass is 10.2. The van der Waals surface area contributed by atoms with Gasteiger partial charge in [-0.15, -0.1) is 0 Å². The van der Waals surface area contributed by atoms with Crippen molar-refractivity contribution in [1.29, 1.82) is 0 Å². The Bertz CT molecular complexity index is 768. The third-order valence-electron chi connectivity index (χ3n) is 3.12. The topological polar surface area (TPSA) is 98.3 Å². The SMILES string of the molecule is O=C1C=C(Nc2cc(Cl)c3cn[nH]c3c2)C(=O)N1CCO. The molecule has 21 heavy (non-hydrogen) atoms. The molecule has 108 valence electrons. The number of halogens is 1. The fourth-order valence-corrected chi connectivity index (χ4v) is 2.41. The molecular weight excluding hydrogens is 296 g/mol. The number of hydrogen-bond acceptors (Lipinski definition) is 5. The van der Waals surface area contributed by atoms with Crippen LogP contribution < -0.4 is 5.32 Å². The average molecular weight is 307 g/mol. The monoisotopic (exact) mass is 306 g/mol. The quantitative estimate of drug-likeness (QED) is 0.728. The van der Waals surface area contributed by atoms with Gasteiger partial charge in [-0.1, -0.05) is 11.6 Å². The number of nitrogens with zero attached hydrogens (tertiary/aromatic N) is 2. The molecule has 3 N–H and O–H groups in total. The Morgan fingerprint density at radius 3 is 2.95 bits per heavy atom. The highest BCUT2D eigenvalue weighted by molar-refractivity contribution is 6.35. The highest BCUT2D eigenvalue weighted by Gasteiger charge is 2.30. The van der Waals surface area contributed by atoms with Crippen LogP contribution in [0.5, 0.6) is 0 Å². The van der Waals surface area contributed by atoms with E-state index in [1.165, 1.54) is 6.08 Å². The number of carbonyl (C=O) groups excluding carboxylic acids is 2. The number of aliphatic hydroxyl groups excluding tert-OH is 1. The predicted octanol–water partition coefficient (Wildman–Crippen LogP) is 0.873. The Morgan fingerprint density at radius 2 is 2.19 bits per heavy atom. The average Bonchev–Trinajstić information content (AvgIpc) is 3.00. The smallest absolute Gasteiger partial charge is 0.277 e. The van der Waals surface area contributed by atoms with E-state index in [1.54, 1.807) is 18.3 Å². The van der Waals surface area contributed by atoms with Crippen LogP contribution in [0.25, 0.3) is 10.9 Å². The number of benzene rings is 1. The first kappa shape index (κ1) is 13.6. The van der Waals surface area contributed by atoms with Gasteiger partial charge in [0.05, 0.1) is 29.9 Å². The van der Waals surface area contributed by atoms with Crippen molar-refractivity contribution < 1.29 is 14.7 Å². The molecule has 0 saturated carbocycles. The number of aromatic amines is 1. The first-order valence-electron chi connectivity index (χ1n) is 6.18. The van der Waals surface area contributed by atoms with E-state index in [0.717, 1.165) is 15.8 Å². The van der Waals surface area contributed by atoms with Gasteiger partial charge < -0.3 is 10.4 Å². The molecule has 0 radical (unpaired) electrons. The molecule has 0 bridgehead atoms. The molecule has 1 aliphatic rings. The number of aliphatic hydroxyl groups is 1. The number of nitrogens with one attached hydrogen (secondary N) is 2. The second-order valence-corrected chi connectivity index (χ2v) is 4.90. The minimum atomic E-state index is -0.477. The number of hydrogen-bond donors (Lipinski definition) is 3. The van der Waals surface area contributed by atoms with Crippen molar-refractivity contribution in [2.75, 3.05) is 18.5 Å². The van der Waals surface area contributed by atoms with Crippen LogP contribution in [0.4, 0.5) is 5.69 Å². The summed E-state index contributed by atoms with van der Waals surface area (Å²) in [6.07, 6.45) is 2.80. The summed E-state index contributed by atoms with van der Waals surface area (Å²) in [5, 5.41) is 19.6. The summed E-state index contributed by atoms with van der Waals surface area (Å²) in [4.78, 5) is 24.6. The summed E-state index contributed by atoms with van der Waals surface area (Å²) < 4.78 is 0. The minimum absolute atomic E-state index is 0.0281. The first-order chi connectivity index (χ1) is 10.1. The molecule has 3 rings (SSSR count). The molecule has 0 fully saturated rings. The lowest BCUT2D eigenvalue weighted by Crippen LogP contribution is -2.34. The van der Waals surface area contributed by atoms with Gasteiger partial charge in [0.25, 0.3) is 11.8 Å². The van der Waals surface area contributed by atoms with Crippen molar-refractivity contribution in [3.8, 4) is 0 Å². The van der Waals surface area contributed by atoms with E-state index in [9.17, 15) is 9.59 Å². The minimum Gasteiger partial charge on any atom is -0.395 e. The molecule has 0 spiro atoms. The van der Waals surface area contributed by atoms with Crippen molar-refractivity contribution >= 4 is 40.0 Å². The summed E-state index contributed by atoms with van der Waals surface area (Å²) in [7, 11) is 0. The molecule has 7 nitrogen and oxygen atoms in total. The van der Waals surface area contributed by atoms with Crippen LogP contribution in [-0.2, 0) is 9.59 Å². The van der Waals surface area contributed by atoms with Crippen LogP contribution in [-0.4, -0.2) is 45.2 Å². The zero-order chi connectivity index (χ0) is 15.0. The summed E-state index contributed by atoms with van der Waals surface area (Å²) in [6.45, 7) is -0.301. The molecule has 2 aromatic rings. The van der Waals surface area contributed by atoms with Crippen LogP contribution in [0.2, 0.25) is 5.02 Å². The van der Waals surface area contributed by atoms with Crippen molar-refractivity contribution in [2.24, 2.45) is 0 Å². The zero-order valence-corrected chi connectivity index (χ0v) is 11.5. The highest BCUT2D eigenvalue weighted by Crippen LogP contribution is 2.27. The Hall–Kier alpha value is -2.38. The first-order valence-corrected chi connectivity index (χ1v) is 6.56. The summed E-state index contributed by atoms with van der Waals surface area (Å²) in [5.41, 5.74) is 1.42. The third-order valence-corrected chi connectivity index (χ3v) is 3.43. The highest BCUT2D eigenvalue weighted by atomic mass is 35.5. The number of amides is 2. The fourth-order valence-electron chi connectivity index (χ4n) is 2.15. The lowest BCUT2D eigenvalue weighted by Gasteiger charge is -2.13. The number of β-amino-alcohol motifs (C(OH)–C–C–N with tert-alkyl or cyclic N) is 1. The van der Waals surface area contributed by atoms with E-state index in [4.69, 9.17) is 16.7 Å². The van der Waals surface area contributed by atoms with Gasteiger partial charge >= 0.3 is 0 Å². The number of rotatable bonds is 4. The number of imide groups is 1. The molecule has 1 aliphatic heterocycles. The van der Waals surface area contributed by atoms with Crippen molar-refractivity contribution in [1.82, 2.24) is 15.1 Å². The fraction of sp³-hybridized carbons (Fsp3) is 0.154. The van der Waals surface area contributed by atoms with E-state index in [-0.39, 0.29) is 18.8 Å². The molecule has 2 heterocycles. The predicted molar refractivity (Wildman–Crippen MR) is 76.6 cm³/mol. The van der Waals surface area contributed by atoms with Gasteiger partial charge in [0.1, 0.15) is 5.70 Å². The van der Waals surface area contributed by atoms with E-state index < -0.39 is 11.8 Å². The summed E-state index contributed by atoms with van der Waals surface area (Å²) in [5.74, 6) is -0.930. The number of fused-ring (bicyclic) bond motifs is 1. The Kier molecular flexibility index (Phi) is 3.36. The van der Waals surface area contributed by atoms with Gasteiger partial charge in [-0.2, -0.15) is 5.10 Å². The third kappa shape index (κ3) is 2.37. The largest absolute Gasteiger partial charge is 0.395 e. The zero-order valence-electron chi connectivity index (χ0n) is 10.8. The summed E-state index contributed by atoms with van der Waals surface area (Å²) >= 11 is 6.12. The number of aromatic nitrogens is 2. The van der Waals surface area contributed by atoms with Crippen LogP contribution in [0.3, 0.4) is 0 Å². The van der Waals surface area contributed by atoms with Gasteiger partial charge in [-0.3, -0.25) is 19.6 Å². The van der Waals surface area contributed by atoms with E-state index in [0.29, 0.717) is 10.7 Å². The van der Waals surface area contributed by atoms with Gasteiger partial charge in [-0.25, -0.2) is 0 Å². The maximum atomic E-state index is 12.0. The Labute approximate surface area is 124 Å². The summed E-state index contributed by atoms with van der Waals surface area (Å²) in [6, 6.07) is 3.38. The van der Waals surface area contributed by atoms with Crippen molar-refractivity contribution in [3.63, 3.8) is 0 Å². The van der Waals surface area contributed by atoms with E-state index >= 15 is 0 Å². The molecule has 0 saturated heterocycles. The standard InChI is InChI=1S/C13H11ClN4O3/c14-9-3-7(4-10-8(9)6-15-17-10)16-11-5-12(20)18(1-2-19)13(11)21/h3-6,16,19H,1-2H2,(H,15,17). The molecule has 1 aromatic carbocycles.